The first-order valence-corrected chi connectivity index (χ1v) is 8.46. The van der Waals surface area contributed by atoms with Gasteiger partial charge in [0, 0.05) is 24.4 Å². The first kappa shape index (κ1) is 16.0. The van der Waals surface area contributed by atoms with E-state index in [1.807, 2.05) is 30.3 Å². The highest BCUT2D eigenvalue weighted by Crippen LogP contribution is 2.21. The molecule has 2 aliphatic rings. The number of rotatable bonds is 5. The van der Waals surface area contributed by atoms with Crippen LogP contribution in [0.25, 0.3) is 0 Å². The van der Waals surface area contributed by atoms with Crippen LogP contribution in [0.15, 0.2) is 30.3 Å². The molecule has 3 rings (SSSR count). The molecule has 1 amide bonds. The van der Waals surface area contributed by atoms with Crippen LogP contribution in [0.1, 0.15) is 37.3 Å². The molecule has 0 bridgehead atoms. The van der Waals surface area contributed by atoms with Crippen LogP contribution in [0.3, 0.4) is 0 Å². The first-order valence-electron chi connectivity index (χ1n) is 8.46. The van der Waals surface area contributed by atoms with Gasteiger partial charge in [-0.2, -0.15) is 0 Å². The van der Waals surface area contributed by atoms with E-state index >= 15 is 0 Å². The fourth-order valence-electron chi connectivity index (χ4n) is 3.41. The van der Waals surface area contributed by atoms with Gasteiger partial charge in [-0.3, -0.25) is 9.59 Å². The van der Waals surface area contributed by atoms with Gasteiger partial charge in [0.2, 0.25) is 0 Å². The molecule has 1 aliphatic carbocycles. The fourth-order valence-corrected chi connectivity index (χ4v) is 3.41. The van der Waals surface area contributed by atoms with Crippen molar-refractivity contribution in [2.75, 3.05) is 20.2 Å². The number of carbonyl (C=O) groups excluding carboxylic acids is 2. The predicted molar refractivity (Wildman–Crippen MR) is 85.8 cm³/mol. The van der Waals surface area contributed by atoms with Gasteiger partial charge in [0.1, 0.15) is 0 Å². The summed E-state index contributed by atoms with van der Waals surface area (Å²) >= 11 is 0. The number of quaternary nitrogens is 1. The molecule has 23 heavy (non-hydrogen) atoms. The predicted octanol–water partition coefficient (Wildman–Crippen LogP) is 0.474. The Hall–Kier alpha value is -1.88. The van der Waals surface area contributed by atoms with E-state index in [4.69, 9.17) is 4.74 Å². The second kappa shape index (κ2) is 7.13. The molecule has 2 N–H and O–H groups in total. The maximum Gasteiger partial charge on any atom is 0.309 e. The molecule has 2 fully saturated rings. The molecule has 5 nitrogen and oxygen atoms in total. The van der Waals surface area contributed by atoms with Crippen LogP contribution in [0.4, 0.5) is 0 Å². The zero-order valence-corrected chi connectivity index (χ0v) is 13.6. The third-order valence-corrected chi connectivity index (χ3v) is 4.89. The van der Waals surface area contributed by atoms with Gasteiger partial charge in [-0.05, 0) is 12.8 Å². The molecule has 1 aromatic rings. The Bertz CT molecular complexity index is 549. The molecule has 124 valence electrons. The fraction of sp³-hybridized carbons (Fsp3) is 0.556. The molecule has 1 aliphatic heterocycles. The number of esters is 1. The molecule has 5 heteroatoms. The number of nitrogens with one attached hydrogen (secondary N) is 2. The van der Waals surface area contributed by atoms with Crippen LogP contribution in [-0.2, 0) is 14.3 Å². The molecule has 0 aromatic heterocycles. The smallest absolute Gasteiger partial charge is 0.309 e. The van der Waals surface area contributed by atoms with Crippen molar-refractivity contribution in [3.05, 3.63) is 35.9 Å². The number of hydrogen-bond acceptors (Lipinski definition) is 3. The summed E-state index contributed by atoms with van der Waals surface area (Å²) in [6, 6.07) is 10.2. The van der Waals surface area contributed by atoms with Gasteiger partial charge < -0.3 is 15.0 Å². The zero-order chi connectivity index (χ0) is 16.2. The molecule has 1 aromatic carbocycles. The number of benzene rings is 1. The third kappa shape index (κ3) is 3.91. The SMILES string of the molecule is COC(=O)C1CC[NH+]([C@H](C(=O)NC2CC2)c2ccccc2)CC1. The second-order valence-electron chi connectivity index (χ2n) is 6.58. The van der Waals surface area contributed by atoms with Gasteiger partial charge in [-0.25, -0.2) is 0 Å². The highest BCUT2D eigenvalue weighted by Gasteiger charge is 2.38. The number of methoxy groups -OCH3 is 1. The van der Waals surface area contributed by atoms with E-state index < -0.39 is 0 Å². The largest absolute Gasteiger partial charge is 0.469 e. The van der Waals surface area contributed by atoms with E-state index in [0.717, 1.165) is 44.3 Å². The Labute approximate surface area is 137 Å². The molecule has 0 unspecified atom stereocenters. The topological polar surface area (TPSA) is 59.8 Å². The van der Waals surface area contributed by atoms with E-state index in [9.17, 15) is 9.59 Å². The summed E-state index contributed by atoms with van der Waals surface area (Å²) in [6.45, 7) is 1.63. The summed E-state index contributed by atoms with van der Waals surface area (Å²) in [7, 11) is 1.44. The van der Waals surface area contributed by atoms with Crippen LogP contribution in [0, 0.1) is 5.92 Å². The van der Waals surface area contributed by atoms with Crippen molar-refractivity contribution in [2.24, 2.45) is 5.92 Å². The zero-order valence-electron chi connectivity index (χ0n) is 13.6. The number of hydrogen-bond donors (Lipinski definition) is 2. The van der Waals surface area contributed by atoms with Crippen molar-refractivity contribution in [1.82, 2.24) is 5.32 Å². The Kier molecular flexibility index (Phi) is 4.96. The van der Waals surface area contributed by atoms with Gasteiger partial charge >= 0.3 is 5.97 Å². The third-order valence-electron chi connectivity index (χ3n) is 4.89. The highest BCUT2D eigenvalue weighted by molar-refractivity contribution is 5.82. The Morgan fingerprint density at radius 3 is 2.35 bits per heavy atom. The Balaban J connectivity index is 1.71. The van der Waals surface area contributed by atoms with Gasteiger partial charge in [0.15, 0.2) is 6.04 Å². The van der Waals surface area contributed by atoms with Crippen molar-refractivity contribution in [3.63, 3.8) is 0 Å². The Morgan fingerprint density at radius 1 is 1.13 bits per heavy atom. The summed E-state index contributed by atoms with van der Waals surface area (Å²) in [5, 5.41) is 3.14. The van der Waals surface area contributed by atoms with Crippen LogP contribution >= 0.6 is 0 Å². The summed E-state index contributed by atoms with van der Waals surface area (Å²) in [5.74, 6) is -0.0281. The van der Waals surface area contributed by atoms with E-state index in [1.54, 1.807) is 0 Å². The molecular weight excluding hydrogens is 292 g/mol. The lowest BCUT2D eigenvalue weighted by Crippen LogP contribution is -3.14. The molecule has 1 saturated carbocycles. The summed E-state index contributed by atoms with van der Waals surface area (Å²) in [5.41, 5.74) is 1.05. The second-order valence-corrected chi connectivity index (χ2v) is 6.58. The molecule has 1 atom stereocenters. The van der Waals surface area contributed by atoms with Crippen LogP contribution in [0.2, 0.25) is 0 Å². The van der Waals surface area contributed by atoms with E-state index in [2.05, 4.69) is 5.32 Å². The highest BCUT2D eigenvalue weighted by atomic mass is 16.5. The number of carbonyl (C=O) groups is 2. The van der Waals surface area contributed by atoms with E-state index in [1.165, 1.54) is 12.0 Å². The summed E-state index contributed by atoms with van der Waals surface area (Å²) in [6.07, 6.45) is 3.74. The molecule has 0 spiro atoms. The van der Waals surface area contributed by atoms with Crippen molar-refractivity contribution in [2.45, 2.75) is 37.8 Å². The minimum atomic E-state index is -0.185. The lowest BCUT2D eigenvalue weighted by molar-refractivity contribution is -0.927. The average molecular weight is 317 g/mol. The average Bonchev–Trinajstić information content (AvgIpc) is 3.40. The number of likely N-dealkylation sites (tertiary alicyclic amines) is 1. The minimum Gasteiger partial charge on any atom is -0.469 e. The number of amides is 1. The first-order chi connectivity index (χ1) is 11.2. The van der Waals surface area contributed by atoms with Crippen molar-refractivity contribution in [1.29, 1.82) is 0 Å². The minimum absolute atomic E-state index is 0.0216. The summed E-state index contributed by atoms with van der Waals surface area (Å²) in [4.78, 5) is 25.7. The normalized spacial score (nSPS) is 25.4. The lowest BCUT2D eigenvalue weighted by Gasteiger charge is -2.33. The van der Waals surface area contributed by atoms with E-state index in [-0.39, 0.29) is 23.8 Å². The van der Waals surface area contributed by atoms with Gasteiger partial charge in [0.05, 0.1) is 26.1 Å². The van der Waals surface area contributed by atoms with Crippen LogP contribution in [-0.4, -0.2) is 38.1 Å². The van der Waals surface area contributed by atoms with Crippen molar-refractivity contribution >= 4 is 11.9 Å². The quantitative estimate of drug-likeness (QED) is 0.777. The number of ether oxygens (including phenoxy) is 1. The Morgan fingerprint density at radius 2 is 1.78 bits per heavy atom. The molecule has 1 saturated heterocycles. The molecule has 1 heterocycles. The molecular formula is C18H25N2O3+. The maximum absolute atomic E-state index is 12.7. The summed E-state index contributed by atoms with van der Waals surface area (Å²) < 4.78 is 4.85. The number of piperidine rings is 1. The van der Waals surface area contributed by atoms with Crippen LogP contribution in [0.5, 0.6) is 0 Å². The van der Waals surface area contributed by atoms with Gasteiger partial charge in [-0.1, -0.05) is 30.3 Å². The van der Waals surface area contributed by atoms with Gasteiger partial charge in [0.25, 0.3) is 5.91 Å². The van der Waals surface area contributed by atoms with Crippen LogP contribution < -0.4 is 10.2 Å². The lowest BCUT2D eigenvalue weighted by atomic mass is 9.94. The van der Waals surface area contributed by atoms with E-state index in [0.29, 0.717) is 6.04 Å². The monoisotopic (exact) mass is 317 g/mol. The standard InChI is InChI=1S/C18H24N2O3/c1-23-18(22)14-9-11-20(12-10-14)16(13-5-3-2-4-6-13)17(21)19-15-7-8-15/h2-6,14-16H,7-12H2,1H3,(H,19,21)/p+1/t16-/m0/s1. The van der Waals surface area contributed by atoms with Crippen molar-refractivity contribution in [3.8, 4) is 0 Å². The molecule has 0 radical (unpaired) electrons. The van der Waals surface area contributed by atoms with Crippen molar-refractivity contribution < 1.29 is 19.2 Å². The van der Waals surface area contributed by atoms with Gasteiger partial charge in [-0.15, -0.1) is 0 Å². The maximum atomic E-state index is 12.7.